The third-order valence-corrected chi connectivity index (χ3v) is 6.86. The Morgan fingerprint density at radius 3 is 2.23 bits per heavy atom. The molecule has 2 atom stereocenters. The molecule has 5 nitrogen and oxygen atoms in total. The van der Waals surface area contributed by atoms with E-state index in [0.29, 0.717) is 11.2 Å². The lowest BCUT2D eigenvalue weighted by atomic mass is 9.96. The van der Waals surface area contributed by atoms with E-state index in [0.717, 1.165) is 22.9 Å². The second-order valence-electron chi connectivity index (χ2n) is 9.20. The van der Waals surface area contributed by atoms with Gasteiger partial charge in [-0.1, -0.05) is 24.3 Å². The fourth-order valence-corrected chi connectivity index (χ4v) is 5.49. The minimum Gasteiger partial charge on any atom is -0.457 e. The number of hydrogen-bond acceptors (Lipinski definition) is 3. The average molecular weight is 483 g/mol. The van der Waals surface area contributed by atoms with Gasteiger partial charge in [0.2, 0.25) is 0 Å². The van der Waals surface area contributed by atoms with Gasteiger partial charge in [-0.3, -0.25) is 4.98 Å². The number of nitrogens with zero attached hydrogens (tertiary/aromatic N) is 3. The van der Waals surface area contributed by atoms with Gasteiger partial charge in [0.1, 0.15) is 11.5 Å². The van der Waals surface area contributed by atoms with Crippen molar-refractivity contribution in [2.45, 2.75) is 45.8 Å². The maximum absolute atomic E-state index is 6.01. The maximum Gasteiger partial charge on any atom is 0.174 e. The van der Waals surface area contributed by atoms with Crippen molar-refractivity contribution in [3.8, 4) is 11.5 Å². The standard InChI is InChI=1S/C29H30N4OS/c1-19(2)32-20(3)18-25(21(32)4)28-27(26-12-8-9-17-30-26)31-29(35)33(28)22-13-15-24(16-14-22)34-23-10-6-5-7-11-23/h5-19,27-28H,1-4H3,(H,31,35)/t27-,28-/m1/s1. The first-order valence-electron chi connectivity index (χ1n) is 12.0. The number of nitrogens with one attached hydrogen (secondary N) is 1. The highest BCUT2D eigenvalue weighted by molar-refractivity contribution is 7.80. The first kappa shape index (κ1) is 23.1. The van der Waals surface area contributed by atoms with Gasteiger partial charge in [0.05, 0.1) is 17.8 Å². The normalized spacial score (nSPS) is 17.6. The van der Waals surface area contributed by atoms with Gasteiger partial charge in [0, 0.05) is 29.3 Å². The van der Waals surface area contributed by atoms with E-state index in [2.05, 4.69) is 71.7 Å². The van der Waals surface area contributed by atoms with Crippen molar-refractivity contribution < 1.29 is 4.74 Å². The number of hydrogen-bond donors (Lipinski definition) is 1. The van der Waals surface area contributed by atoms with Crippen molar-refractivity contribution in [1.29, 1.82) is 0 Å². The number of aromatic nitrogens is 2. The largest absolute Gasteiger partial charge is 0.457 e. The predicted octanol–water partition coefficient (Wildman–Crippen LogP) is 7.05. The van der Waals surface area contributed by atoms with E-state index in [1.165, 1.54) is 17.0 Å². The Balaban J connectivity index is 1.55. The minimum atomic E-state index is -0.0648. The van der Waals surface area contributed by atoms with Crippen LogP contribution in [0.25, 0.3) is 0 Å². The van der Waals surface area contributed by atoms with Gasteiger partial charge in [-0.15, -0.1) is 0 Å². The highest BCUT2D eigenvalue weighted by Gasteiger charge is 2.42. The summed E-state index contributed by atoms with van der Waals surface area (Å²) in [4.78, 5) is 6.89. The van der Waals surface area contributed by atoms with E-state index in [1.807, 2.05) is 60.8 Å². The zero-order valence-electron chi connectivity index (χ0n) is 20.5. The molecule has 0 bridgehead atoms. The predicted molar refractivity (Wildman–Crippen MR) is 145 cm³/mol. The molecule has 35 heavy (non-hydrogen) atoms. The van der Waals surface area contributed by atoms with Gasteiger partial charge in [-0.2, -0.15) is 0 Å². The first-order valence-corrected chi connectivity index (χ1v) is 12.4. The zero-order chi connectivity index (χ0) is 24.5. The molecule has 1 fully saturated rings. The SMILES string of the molecule is Cc1cc([C@@H]2[C@@H](c3ccccn3)NC(=S)N2c2ccc(Oc3ccccc3)cc2)c(C)n1C(C)C. The monoisotopic (exact) mass is 482 g/mol. The van der Waals surface area contributed by atoms with Crippen LogP contribution in [0.1, 0.15) is 54.6 Å². The summed E-state index contributed by atoms with van der Waals surface area (Å²) in [5.74, 6) is 1.60. The molecule has 0 spiro atoms. The number of pyridine rings is 1. The zero-order valence-corrected chi connectivity index (χ0v) is 21.3. The smallest absolute Gasteiger partial charge is 0.174 e. The number of benzene rings is 2. The Bertz CT molecular complexity index is 1320. The molecule has 4 aromatic rings. The molecule has 2 aromatic heterocycles. The van der Waals surface area contributed by atoms with Crippen LogP contribution in [-0.2, 0) is 0 Å². The van der Waals surface area contributed by atoms with E-state index < -0.39 is 0 Å². The molecule has 0 radical (unpaired) electrons. The van der Waals surface area contributed by atoms with Gasteiger partial charge in [-0.05, 0) is 100 Å². The Kier molecular flexibility index (Phi) is 6.31. The number of anilines is 1. The molecule has 0 aliphatic carbocycles. The van der Waals surface area contributed by atoms with Gasteiger partial charge in [0.15, 0.2) is 5.11 Å². The van der Waals surface area contributed by atoms with Gasteiger partial charge in [-0.25, -0.2) is 0 Å². The number of ether oxygens (including phenoxy) is 1. The van der Waals surface area contributed by atoms with Crippen molar-refractivity contribution in [1.82, 2.24) is 14.9 Å². The molecule has 0 unspecified atom stereocenters. The topological polar surface area (TPSA) is 42.3 Å². The number of rotatable bonds is 6. The van der Waals surface area contributed by atoms with E-state index in [4.69, 9.17) is 17.0 Å². The number of para-hydroxylation sites is 1. The maximum atomic E-state index is 6.01. The number of thiocarbonyl (C=S) groups is 1. The third-order valence-electron chi connectivity index (χ3n) is 6.55. The second-order valence-corrected chi connectivity index (χ2v) is 9.58. The van der Waals surface area contributed by atoms with Crippen LogP contribution in [0.5, 0.6) is 11.5 Å². The Morgan fingerprint density at radius 1 is 0.914 bits per heavy atom. The molecule has 5 rings (SSSR count). The lowest BCUT2D eigenvalue weighted by molar-refractivity contribution is 0.482. The van der Waals surface area contributed by atoms with Crippen LogP contribution in [0.2, 0.25) is 0 Å². The molecule has 1 aliphatic rings. The van der Waals surface area contributed by atoms with Crippen molar-refractivity contribution in [2.24, 2.45) is 0 Å². The molecular weight excluding hydrogens is 452 g/mol. The minimum absolute atomic E-state index is 0.0306. The molecule has 3 heterocycles. The summed E-state index contributed by atoms with van der Waals surface area (Å²) in [6, 6.07) is 26.6. The van der Waals surface area contributed by atoms with Gasteiger partial charge in [0.25, 0.3) is 0 Å². The quantitative estimate of drug-likeness (QED) is 0.298. The molecule has 1 saturated heterocycles. The summed E-state index contributed by atoms with van der Waals surface area (Å²) >= 11 is 5.90. The van der Waals surface area contributed by atoms with Gasteiger partial charge >= 0.3 is 0 Å². The molecule has 178 valence electrons. The average Bonchev–Trinajstić information content (AvgIpc) is 3.36. The Labute approximate surface area is 212 Å². The van der Waals surface area contributed by atoms with Crippen LogP contribution in [0, 0.1) is 13.8 Å². The highest BCUT2D eigenvalue weighted by atomic mass is 32.1. The highest BCUT2D eigenvalue weighted by Crippen LogP contribution is 2.44. The van der Waals surface area contributed by atoms with E-state index in [9.17, 15) is 0 Å². The number of aryl methyl sites for hydroxylation is 1. The fourth-order valence-electron chi connectivity index (χ4n) is 5.15. The van der Waals surface area contributed by atoms with Gasteiger partial charge < -0.3 is 19.5 Å². The van der Waals surface area contributed by atoms with Crippen LogP contribution in [0.15, 0.2) is 85.1 Å². The molecule has 1 N–H and O–H groups in total. The van der Waals surface area contributed by atoms with Crippen LogP contribution >= 0.6 is 12.2 Å². The summed E-state index contributed by atoms with van der Waals surface area (Å²) in [7, 11) is 0. The van der Waals surface area contributed by atoms with Crippen LogP contribution in [-0.4, -0.2) is 14.7 Å². The molecule has 0 saturated carbocycles. The summed E-state index contributed by atoms with van der Waals surface area (Å²) in [5, 5.41) is 4.25. The Hall–Kier alpha value is -3.64. The first-order chi connectivity index (χ1) is 16.9. The van der Waals surface area contributed by atoms with Crippen molar-refractivity contribution in [2.75, 3.05) is 4.90 Å². The Morgan fingerprint density at radius 2 is 1.60 bits per heavy atom. The molecule has 0 amide bonds. The molecular formula is C29H30N4OS. The third kappa shape index (κ3) is 4.42. The van der Waals surface area contributed by atoms with Crippen LogP contribution < -0.4 is 15.0 Å². The molecule has 6 heteroatoms. The van der Waals surface area contributed by atoms with E-state index >= 15 is 0 Å². The summed E-state index contributed by atoms with van der Waals surface area (Å²) in [5.41, 5.74) is 5.74. The van der Waals surface area contributed by atoms with E-state index in [-0.39, 0.29) is 12.1 Å². The summed E-state index contributed by atoms with van der Waals surface area (Å²) < 4.78 is 8.40. The lowest BCUT2D eigenvalue weighted by Crippen LogP contribution is -2.29. The van der Waals surface area contributed by atoms with Crippen molar-refractivity contribution >= 4 is 23.0 Å². The van der Waals surface area contributed by atoms with E-state index in [1.54, 1.807) is 0 Å². The van der Waals surface area contributed by atoms with Crippen LogP contribution in [0.4, 0.5) is 5.69 Å². The summed E-state index contributed by atoms with van der Waals surface area (Å²) in [6.45, 7) is 8.82. The molecule has 1 aliphatic heterocycles. The van der Waals surface area contributed by atoms with Crippen molar-refractivity contribution in [3.05, 3.63) is 108 Å². The second kappa shape index (κ2) is 9.55. The fraction of sp³-hybridized carbons (Fsp3) is 0.241. The van der Waals surface area contributed by atoms with Crippen LogP contribution in [0.3, 0.4) is 0 Å². The lowest BCUT2D eigenvalue weighted by Gasteiger charge is -2.28. The van der Waals surface area contributed by atoms with Crippen molar-refractivity contribution in [3.63, 3.8) is 0 Å². The summed E-state index contributed by atoms with van der Waals surface area (Å²) in [6.07, 6.45) is 1.84. The molecule has 2 aromatic carbocycles.